The highest BCUT2D eigenvalue weighted by Crippen LogP contribution is 2.40. The fraction of sp³-hybridized carbons (Fsp3) is 0.846. The van der Waals surface area contributed by atoms with Crippen molar-refractivity contribution in [1.82, 2.24) is 10.1 Å². The van der Waals surface area contributed by atoms with Crippen LogP contribution in [0.4, 0.5) is 0 Å². The van der Waals surface area contributed by atoms with E-state index >= 15 is 0 Å². The molecule has 17 heavy (non-hydrogen) atoms. The van der Waals surface area contributed by atoms with Crippen LogP contribution < -0.4 is 5.73 Å². The van der Waals surface area contributed by atoms with Crippen LogP contribution >= 0.6 is 0 Å². The van der Waals surface area contributed by atoms with Crippen molar-refractivity contribution in [3.8, 4) is 0 Å². The van der Waals surface area contributed by atoms with Crippen molar-refractivity contribution < 1.29 is 4.52 Å². The summed E-state index contributed by atoms with van der Waals surface area (Å²) in [6, 6.07) is 0. The summed E-state index contributed by atoms with van der Waals surface area (Å²) in [6.07, 6.45) is 5.12. The lowest BCUT2D eigenvalue weighted by Crippen LogP contribution is -2.47. The molecular formula is C13H23N3O. The van der Waals surface area contributed by atoms with Crippen molar-refractivity contribution in [2.45, 2.75) is 58.4 Å². The van der Waals surface area contributed by atoms with Gasteiger partial charge in [0, 0.05) is 6.42 Å². The second-order valence-corrected chi connectivity index (χ2v) is 5.58. The van der Waals surface area contributed by atoms with Crippen LogP contribution in [0.1, 0.15) is 58.2 Å². The van der Waals surface area contributed by atoms with Crippen LogP contribution in [-0.4, -0.2) is 10.1 Å². The first kappa shape index (κ1) is 12.6. The molecule has 0 amide bonds. The zero-order valence-electron chi connectivity index (χ0n) is 11.1. The first-order valence-corrected chi connectivity index (χ1v) is 6.68. The van der Waals surface area contributed by atoms with Crippen molar-refractivity contribution >= 4 is 0 Å². The van der Waals surface area contributed by atoms with Crippen LogP contribution in [0, 0.1) is 11.8 Å². The summed E-state index contributed by atoms with van der Waals surface area (Å²) in [5, 5.41) is 4.09. The molecule has 1 aliphatic rings. The number of aryl methyl sites for hydroxylation is 1. The molecule has 0 radical (unpaired) electrons. The fourth-order valence-electron chi connectivity index (χ4n) is 2.75. The SMILES string of the molecule is CCCc1nc(C2(N)CCC(C)CC2C)no1. The van der Waals surface area contributed by atoms with Gasteiger partial charge in [-0.15, -0.1) is 0 Å². The van der Waals surface area contributed by atoms with E-state index in [1.807, 2.05) is 0 Å². The third-order valence-corrected chi connectivity index (χ3v) is 4.03. The molecule has 0 aromatic carbocycles. The summed E-state index contributed by atoms with van der Waals surface area (Å²) in [5.74, 6) is 2.60. The van der Waals surface area contributed by atoms with E-state index in [0.29, 0.717) is 11.7 Å². The molecule has 1 aromatic heterocycles. The summed E-state index contributed by atoms with van der Waals surface area (Å²) in [4.78, 5) is 4.47. The van der Waals surface area contributed by atoms with Crippen molar-refractivity contribution in [3.63, 3.8) is 0 Å². The van der Waals surface area contributed by atoms with E-state index in [2.05, 4.69) is 30.9 Å². The van der Waals surface area contributed by atoms with Crippen molar-refractivity contribution in [1.29, 1.82) is 0 Å². The van der Waals surface area contributed by atoms with E-state index in [0.717, 1.165) is 43.9 Å². The molecular weight excluding hydrogens is 214 g/mol. The first-order chi connectivity index (χ1) is 8.06. The third-order valence-electron chi connectivity index (χ3n) is 4.03. The summed E-state index contributed by atoms with van der Waals surface area (Å²) < 4.78 is 5.26. The van der Waals surface area contributed by atoms with Crippen LogP contribution in [0.5, 0.6) is 0 Å². The second-order valence-electron chi connectivity index (χ2n) is 5.58. The average molecular weight is 237 g/mol. The number of hydrogen-bond acceptors (Lipinski definition) is 4. The van der Waals surface area contributed by atoms with Crippen LogP contribution in [0.15, 0.2) is 4.52 Å². The van der Waals surface area contributed by atoms with E-state index < -0.39 is 0 Å². The molecule has 0 aliphatic heterocycles. The first-order valence-electron chi connectivity index (χ1n) is 6.68. The maximum absolute atomic E-state index is 6.51. The number of aromatic nitrogens is 2. The van der Waals surface area contributed by atoms with E-state index in [1.165, 1.54) is 0 Å². The molecule has 0 spiro atoms. The molecule has 96 valence electrons. The van der Waals surface area contributed by atoms with Crippen LogP contribution in [0.3, 0.4) is 0 Å². The molecule has 1 aliphatic carbocycles. The van der Waals surface area contributed by atoms with E-state index in [4.69, 9.17) is 10.3 Å². The van der Waals surface area contributed by atoms with Crippen LogP contribution in [-0.2, 0) is 12.0 Å². The van der Waals surface area contributed by atoms with E-state index in [-0.39, 0.29) is 5.54 Å². The molecule has 4 nitrogen and oxygen atoms in total. The predicted octanol–water partition coefficient (Wildman–Crippen LogP) is 2.63. The van der Waals surface area contributed by atoms with Gasteiger partial charge in [-0.1, -0.05) is 25.9 Å². The molecule has 1 aromatic rings. The molecule has 1 fully saturated rings. The number of nitrogens with two attached hydrogens (primary N) is 1. The predicted molar refractivity (Wildman–Crippen MR) is 66.3 cm³/mol. The van der Waals surface area contributed by atoms with Gasteiger partial charge in [0.1, 0.15) is 0 Å². The summed E-state index contributed by atoms with van der Waals surface area (Å²) in [5.41, 5.74) is 6.12. The summed E-state index contributed by atoms with van der Waals surface area (Å²) in [7, 11) is 0. The maximum atomic E-state index is 6.51. The number of hydrogen-bond donors (Lipinski definition) is 1. The van der Waals surface area contributed by atoms with Gasteiger partial charge < -0.3 is 10.3 Å². The van der Waals surface area contributed by atoms with Crippen LogP contribution in [0.2, 0.25) is 0 Å². The normalized spacial score (nSPS) is 33.9. The number of rotatable bonds is 3. The average Bonchev–Trinajstić information content (AvgIpc) is 2.74. The molecule has 1 heterocycles. The lowest BCUT2D eigenvalue weighted by atomic mass is 9.70. The smallest absolute Gasteiger partial charge is 0.226 e. The summed E-state index contributed by atoms with van der Waals surface area (Å²) >= 11 is 0. The van der Waals surface area contributed by atoms with Gasteiger partial charge in [-0.05, 0) is 37.5 Å². The van der Waals surface area contributed by atoms with Gasteiger partial charge in [0.15, 0.2) is 5.82 Å². The standard InChI is InChI=1S/C13H23N3O/c1-4-5-11-15-12(16-17-11)13(14)7-6-9(2)8-10(13)3/h9-10H,4-8,14H2,1-3H3. The minimum absolute atomic E-state index is 0.387. The monoisotopic (exact) mass is 237 g/mol. The lowest BCUT2D eigenvalue weighted by Gasteiger charge is -2.39. The topological polar surface area (TPSA) is 64.9 Å². The largest absolute Gasteiger partial charge is 0.339 e. The van der Waals surface area contributed by atoms with Crippen LogP contribution in [0.25, 0.3) is 0 Å². The maximum Gasteiger partial charge on any atom is 0.226 e. The Morgan fingerprint density at radius 1 is 1.47 bits per heavy atom. The molecule has 3 unspecified atom stereocenters. The number of nitrogens with zero attached hydrogens (tertiary/aromatic N) is 2. The Labute approximate surface area is 103 Å². The molecule has 0 saturated heterocycles. The lowest BCUT2D eigenvalue weighted by molar-refractivity contribution is 0.152. The molecule has 2 N–H and O–H groups in total. The van der Waals surface area contributed by atoms with E-state index in [9.17, 15) is 0 Å². The Hall–Kier alpha value is -0.900. The summed E-state index contributed by atoms with van der Waals surface area (Å²) in [6.45, 7) is 6.59. The highest BCUT2D eigenvalue weighted by atomic mass is 16.5. The minimum Gasteiger partial charge on any atom is -0.339 e. The zero-order valence-corrected chi connectivity index (χ0v) is 11.1. The van der Waals surface area contributed by atoms with Gasteiger partial charge in [-0.2, -0.15) is 4.98 Å². The Morgan fingerprint density at radius 2 is 2.24 bits per heavy atom. The molecule has 0 bridgehead atoms. The minimum atomic E-state index is -0.387. The third kappa shape index (κ3) is 2.37. The second kappa shape index (κ2) is 4.77. The Bertz CT molecular complexity index is 376. The Balaban J connectivity index is 2.18. The molecule has 1 saturated carbocycles. The van der Waals surface area contributed by atoms with Crippen molar-refractivity contribution in [2.24, 2.45) is 17.6 Å². The quantitative estimate of drug-likeness (QED) is 0.877. The zero-order chi connectivity index (χ0) is 12.5. The molecule has 4 heteroatoms. The Morgan fingerprint density at radius 3 is 2.88 bits per heavy atom. The fourth-order valence-corrected chi connectivity index (χ4v) is 2.75. The van der Waals surface area contributed by atoms with E-state index in [1.54, 1.807) is 0 Å². The van der Waals surface area contributed by atoms with Gasteiger partial charge in [-0.3, -0.25) is 0 Å². The van der Waals surface area contributed by atoms with Gasteiger partial charge in [0.25, 0.3) is 0 Å². The van der Waals surface area contributed by atoms with Gasteiger partial charge in [0.2, 0.25) is 5.89 Å². The van der Waals surface area contributed by atoms with Gasteiger partial charge >= 0.3 is 0 Å². The van der Waals surface area contributed by atoms with Crippen molar-refractivity contribution in [3.05, 3.63) is 11.7 Å². The van der Waals surface area contributed by atoms with Gasteiger partial charge in [-0.25, -0.2) is 0 Å². The molecule has 3 atom stereocenters. The Kier molecular flexibility index (Phi) is 3.52. The molecule has 2 rings (SSSR count). The van der Waals surface area contributed by atoms with Gasteiger partial charge in [0.05, 0.1) is 5.54 Å². The highest BCUT2D eigenvalue weighted by Gasteiger charge is 2.41. The van der Waals surface area contributed by atoms with Crippen molar-refractivity contribution in [2.75, 3.05) is 0 Å². The highest BCUT2D eigenvalue weighted by molar-refractivity contribution is 5.08.